The zero-order valence-corrected chi connectivity index (χ0v) is 17.1. The molecule has 1 heterocycles. The molecule has 0 radical (unpaired) electrons. The summed E-state index contributed by atoms with van der Waals surface area (Å²) in [4.78, 5) is 10.3. The Morgan fingerprint density at radius 2 is 1.86 bits per heavy atom. The van der Waals surface area contributed by atoms with Gasteiger partial charge in [-0.15, -0.1) is 0 Å². The third kappa shape index (κ3) is 4.91. The molecule has 2 aromatic carbocycles. The van der Waals surface area contributed by atoms with Gasteiger partial charge in [0.25, 0.3) is 5.69 Å². The van der Waals surface area contributed by atoms with Crippen molar-refractivity contribution >= 4 is 38.7 Å². The van der Waals surface area contributed by atoms with Crippen LogP contribution in [0.3, 0.4) is 0 Å². The molecule has 1 aliphatic heterocycles. The lowest BCUT2D eigenvalue weighted by molar-refractivity contribution is -0.385. The first kappa shape index (κ1) is 21.2. The van der Waals surface area contributed by atoms with Gasteiger partial charge in [-0.25, -0.2) is 8.42 Å². The number of halogens is 1. The number of nitrogens with zero attached hydrogens (tertiary/aromatic N) is 3. The molecular weight excluding hydrogens is 420 g/mol. The second kappa shape index (κ2) is 8.87. The number of nitrogens with one attached hydrogen (secondary N) is 1. The van der Waals surface area contributed by atoms with Gasteiger partial charge in [0.1, 0.15) is 4.90 Å². The van der Waals surface area contributed by atoms with E-state index in [1.54, 1.807) is 31.2 Å². The molecule has 2 aromatic rings. The lowest BCUT2D eigenvalue weighted by atomic mass is 10.1. The number of benzene rings is 2. The molecule has 9 nitrogen and oxygen atoms in total. The SMILES string of the molecule is C/C(=N\Nc1ccc([N+](=O)[O-])cc1S(=O)(=O)N1CCOCC1)c1ccc(Cl)cc1. The Morgan fingerprint density at radius 3 is 2.48 bits per heavy atom. The van der Waals surface area contributed by atoms with E-state index < -0.39 is 14.9 Å². The van der Waals surface area contributed by atoms with E-state index in [0.717, 1.165) is 11.6 Å². The lowest BCUT2D eigenvalue weighted by Crippen LogP contribution is -2.40. The minimum atomic E-state index is -3.97. The highest BCUT2D eigenvalue weighted by Gasteiger charge is 2.30. The number of nitro groups is 1. The maximum absolute atomic E-state index is 13.1. The second-order valence-electron chi connectivity index (χ2n) is 6.27. The first-order chi connectivity index (χ1) is 13.8. The number of ether oxygens (including phenoxy) is 1. The van der Waals surface area contributed by atoms with Gasteiger partial charge in [0.05, 0.1) is 29.5 Å². The van der Waals surface area contributed by atoms with Crippen LogP contribution in [0.25, 0.3) is 0 Å². The van der Waals surface area contributed by atoms with Crippen molar-refractivity contribution < 1.29 is 18.1 Å². The molecule has 1 fully saturated rings. The van der Waals surface area contributed by atoms with Crippen molar-refractivity contribution in [3.63, 3.8) is 0 Å². The number of nitro benzene ring substituents is 1. The summed E-state index contributed by atoms with van der Waals surface area (Å²) >= 11 is 5.88. The van der Waals surface area contributed by atoms with Gasteiger partial charge in [-0.2, -0.15) is 9.41 Å². The summed E-state index contributed by atoms with van der Waals surface area (Å²) in [5, 5.41) is 16.0. The number of rotatable bonds is 6. The lowest BCUT2D eigenvalue weighted by Gasteiger charge is -2.26. The number of hydrogen-bond acceptors (Lipinski definition) is 7. The predicted octanol–water partition coefficient (Wildman–Crippen LogP) is 3.11. The van der Waals surface area contributed by atoms with Crippen molar-refractivity contribution in [2.75, 3.05) is 31.7 Å². The first-order valence-corrected chi connectivity index (χ1v) is 10.5. The number of hydrazone groups is 1. The molecule has 0 aliphatic carbocycles. The minimum Gasteiger partial charge on any atom is -0.379 e. The molecule has 0 saturated carbocycles. The van der Waals surface area contributed by atoms with E-state index in [2.05, 4.69) is 10.5 Å². The van der Waals surface area contributed by atoms with Gasteiger partial charge in [-0.3, -0.25) is 15.5 Å². The van der Waals surface area contributed by atoms with E-state index in [9.17, 15) is 18.5 Å². The molecule has 1 N–H and O–H groups in total. The molecule has 0 amide bonds. The standard InChI is InChI=1S/C18H19ClN4O5S/c1-13(14-2-4-15(19)5-3-14)20-21-17-7-6-16(23(24)25)12-18(17)29(26,27)22-8-10-28-11-9-22/h2-7,12,21H,8-11H2,1H3/b20-13+. The van der Waals surface area contributed by atoms with E-state index in [4.69, 9.17) is 16.3 Å². The summed E-state index contributed by atoms with van der Waals surface area (Å²) in [6.07, 6.45) is 0. The summed E-state index contributed by atoms with van der Waals surface area (Å²) in [7, 11) is -3.97. The zero-order valence-electron chi connectivity index (χ0n) is 15.5. The molecular formula is C18H19ClN4O5S. The Bertz CT molecular complexity index is 1030. The fourth-order valence-electron chi connectivity index (χ4n) is 2.76. The molecule has 29 heavy (non-hydrogen) atoms. The van der Waals surface area contributed by atoms with Crippen molar-refractivity contribution in [3.05, 3.63) is 63.2 Å². The van der Waals surface area contributed by atoms with Crippen LogP contribution in [0, 0.1) is 10.1 Å². The number of hydrogen-bond donors (Lipinski definition) is 1. The summed E-state index contributed by atoms with van der Waals surface area (Å²) in [5.41, 5.74) is 3.95. The van der Waals surface area contributed by atoms with Crippen molar-refractivity contribution in [2.24, 2.45) is 5.10 Å². The van der Waals surface area contributed by atoms with Crippen molar-refractivity contribution in [1.29, 1.82) is 0 Å². The van der Waals surface area contributed by atoms with Crippen LogP contribution in [-0.2, 0) is 14.8 Å². The molecule has 154 valence electrons. The average Bonchev–Trinajstić information content (AvgIpc) is 2.73. The maximum atomic E-state index is 13.1. The number of morpholine rings is 1. The van der Waals surface area contributed by atoms with Gasteiger partial charge < -0.3 is 4.74 Å². The van der Waals surface area contributed by atoms with E-state index >= 15 is 0 Å². The molecule has 1 aliphatic rings. The fourth-order valence-corrected chi connectivity index (χ4v) is 4.45. The number of sulfonamides is 1. The Balaban J connectivity index is 1.96. The summed E-state index contributed by atoms with van der Waals surface area (Å²) < 4.78 is 32.6. The Labute approximate surface area is 173 Å². The number of non-ortho nitro benzene ring substituents is 1. The minimum absolute atomic E-state index is 0.149. The van der Waals surface area contributed by atoms with Crippen LogP contribution in [0.4, 0.5) is 11.4 Å². The maximum Gasteiger partial charge on any atom is 0.270 e. The van der Waals surface area contributed by atoms with Crippen LogP contribution in [0.5, 0.6) is 0 Å². The third-order valence-corrected chi connectivity index (χ3v) is 6.56. The highest BCUT2D eigenvalue weighted by Crippen LogP contribution is 2.29. The fraction of sp³-hybridized carbons (Fsp3) is 0.278. The molecule has 11 heteroatoms. The van der Waals surface area contributed by atoms with Crippen LogP contribution in [0.2, 0.25) is 5.02 Å². The van der Waals surface area contributed by atoms with Crippen molar-refractivity contribution in [3.8, 4) is 0 Å². The Hall–Kier alpha value is -2.53. The van der Waals surface area contributed by atoms with Gasteiger partial charge in [0.2, 0.25) is 10.0 Å². The molecule has 0 aromatic heterocycles. The van der Waals surface area contributed by atoms with Gasteiger partial charge >= 0.3 is 0 Å². The zero-order chi connectivity index (χ0) is 21.0. The average molecular weight is 439 g/mol. The largest absolute Gasteiger partial charge is 0.379 e. The van der Waals surface area contributed by atoms with Crippen LogP contribution in [0.15, 0.2) is 52.5 Å². The molecule has 0 atom stereocenters. The van der Waals surface area contributed by atoms with Gasteiger partial charge in [0, 0.05) is 30.2 Å². The Morgan fingerprint density at radius 1 is 1.21 bits per heavy atom. The van der Waals surface area contributed by atoms with Crippen LogP contribution < -0.4 is 5.43 Å². The van der Waals surface area contributed by atoms with Gasteiger partial charge in [0.15, 0.2) is 0 Å². The molecule has 0 unspecified atom stereocenters. The number of anilines is 1. The highest BCUT2D eigenvalue weighted by molar-refractivity contribution is 7.89. The predicted molar refractivity (Wildman–Crippen MR) is 110 cm³/mol. The first-order valence-electron chi connectivity index (χ1n) is 8.71. The molecule has 0 spiro atoms. The Kier molecular flexibility index (Phi) is 6.48. The summed E-state index contributed by atoms with van der Waals surface area (Å²) in [5.74, 6) is 0. The highest BCUT2D eigenvalue weighted by atomic mass is 35.5. The van der Waals surface area contributed by atoms with Crippen LogP contribution in [-0.4, -0.2) is 49.7 Å². The second-order valence-corrected chi connectivity index (χ2v) is 8.61. The van der Waals surface area contributed by atoms with Gasteiger partial charge in [-0.05, 0) is 30.7 Å². The van der Waals surface area contributed by atoms with Crippen LogP contribution in [0.1, 0.15) is 12.5 Å². The molecule has 0 bridgehead atoms. The van der Waals surface area contributed by atoms with Gasteiger partial charge in [-0.1, -0.05) is 23.7 Å². The molecule has 3 rings (SSSR count). The van der Waals surface area contributed by atoms with Crippen molar-refractivity contribution in [1.82, 2.24) is 4.31 Å². The molecule has 1 saturated heterocycles. The quantitative estimate of drug-likeness (QED) is 0.421. The van der Waals surface area contributed by atoms with E-state index in [0.29, 0.717) is 10.7 Å². The topological polar surface area (TPSA) is 114 Å². The monoisotopic (exact) mass is 438 g/mol. The third-order valence-electron chi connectivity index (χ3n) is 4.37. The van der Waals surface area contributed by atoms with E-state index in [-0.39, 0.29) is 42.6 Å². The van der Waals surface area contributed by atoms with E-state index in [1.165, 1.54) is 16.4 Å². The summed E-state index contributed by atoms with van der Waals surface area (Å²) in [6, 6.07) is 10.6. The van der Waals surface area contributed by atoms with E-state index in [1.807, 2.05) is 0 Å². The summed E-state index contributed by atoms with van der Waals surface area (Å²) in [6.45, 7) is 2.64. The van der Waals surface area contributed by atoms with Crippen molar-refractivity contribution in [2.45, 2.75) is 11.8 Å². The smallest absolute Gasteiger partial charge is 0.270 e. The van der Waals surface area contributed by atoms with Crippen LogP contribution >= 0.6 is 11.6 Å². The normalized spacial score (nSPS) is 15.9.